The molecule has 6 nitrogen and oxygen atoms in total. The van der Waals surface area contributed by atoms with Crippen LogP contribution < -0.4 is 0 Å². The Balaban J connectivity index is 0.000000631. The molecule has 6 heteroatoms. The number of hydrogen-bond donors (Lipinski definition) is 2. The Hall–Kier alpha value is -1.14. The Bertz CT molecular complexity index is 205. The van der Waals surface area contributed by atoms with E-state index < -0.39 is 0 Å². The molecule has 18 heavy (non-hydrogen) atoms. The van der Waals surface area contributed by atoms with Gasteiger partial charge in [-0.15, -0.1) is 0 Å². The van der Waals surface area contributed by atoms with Crippen LogP contribution >= 0.6 is 0 Å². The lowest BCUT2D eigenvalue weighted by molar-refractivity contribution is -0.147. The molecule has 2 N–H and O–H groups in total. The third kappa shape index (κ3) is 11.3. The van der Waals surface area contributed by atoms with Gasteiger partial charge in [-0.2, -0.15) is 0 Å². The maximum atomic E-state index is 11.0. The molecular weight excluding hydrogens is 240 g/mol. The molecular formula is C12H22O6. The van der Waals surface area contributed by atoms with Crippen LogP contribution in [0.3, 0.4) is 0 Å². The van der Waals surface area contributed by atoms with Crippen molar-refractivity contribution in [3.05, 3.63) is 0 Å². The Morgan fingerprint density at radius 3 is 1.50 bits per heavy atom. The van der Waals surface area contributed by atoms with Crippen molar-refractivity contribution >= 4 is 11.9 Å². The van der Waals surface area contributed by atoms with E-state index in [1.807, 2.05) is 0 Å². The summed E-state index contributed by atoms with van der Waals surface area (Å²) in [6.45, 7) is 0.632. The molecule has 0 aliphatic carbocycles. The summed E-state index contributed by atoms with van der Waals surface area (Å²) in [5, 5.41) is 15.2. The molecule has 1 rings (SSSR count). The first-order chi connectivity index (χ1) is 8.70. The van der Waals surface area contributed by atoms with E-state index in [0.29, 0.717) is 38.9 Å². The monoisotopic (exact) mass is 262 g/mol. The zero-order valence-electron chi connectivity index (χ0n) is 10.6. The summed E-state index contributed by atoms with van der Waals surface area (Å²) < 4.78 is 9.92. The number of rotatable bonds is 1. The molecule has 1 fully saturated rings. The van der Waals surface area contributed by atoms with Gasteiger partial charge in [0.05, 0.1) is 26.4 Å². The van der Waals surface area contributed by atoms with Crippen LogP contribution in [0.4, 0.5) is 0 Å². The van der Waals surface area contributed by atoms with Gasteiger partial charge < -0.3 is 19.7 Å². The van der Waals surface area contributed by atoms with Gasteiger partial charge in [-0.1, -0.05) is 0 Å². The number of hydrogen-bond acceptors (Lipinski definition) is 6. The molecule has 1 heterocycles. The van der Waals surface area contributed by atoms with E-state index in [1.54, 1.807) is 0 Å². The van der Waals surface area contributed by atoms with Crippen LogP contribution in [0.1, 0.15) is 38.5 Å². The van der Waals surface area contributed by atoms with Crippen LogP contribution in [-0.2, 0) is 19.1 Å². The third-order valence-electron chi connectivity index (χ3n) is 2.18. The standard InChI is InChI=1S/C10H16O4.C2H6O2/c11-9-5-1-2-6-10(12)14-8-4-3-7-13-9;3-1-2-4/h1-8H2;3-4H,1-2H2. The first-order valence-electron chi connectivity index (χ1n) is 6.23. The lowest BCUT2D eigenvalue weighted by Gasteiger charge is -2.08. The maximum absolute atomic E-state index is 11.0. The normalized spacial score (nSPS) is 18.3. The topological polar surface area (TPSA) is 93.1 Å². The van der Waals surface area contributed by atoms with E-state index >= 15 is 0 Å². The van der Waals surface area contributed by atoms with Crippen molar-refractivity contribution in [1.29, 1.82) is 0 Å². The van der Waals surface area contributed by atoms with E-state index in [-0.39, 0.29) is 25.2 Å². The van der Waals surface area contributed by atoms with Crippen LogP contribution in [0, 0.1) is 0 Å². The van der Waals surface area contributed by atoms with Crippen LogP contribution in [0.15, 0.2) is 0 Å². The van der Waals surface area contributed by atoms with Gasteiger partial charge in [0.15, 0.2) is 0 Å². The summed E-state index contributed by atoms with van der Waals surface area (Å²) in [5.41, 5.74) is 0. The molecule has 0 saturated carbocycles. The molecule has 0 unspecified atom stereocenters. The highest BCUT2D eigenvalue weighted by atomic mass is 16.5. The summed E-state index contributed by atoms with van der Waals surface area (Å²) in [5.74, 6) is -0.308. The first kappa shape index (κ1) is 16.9. The highest BCUT2D eigenvalue weighted by Crippen LogP contribution is 2.05. The predicted octanol–water partition coefficient (Wildman–Crippen LogP) is 0.398. The molecule has 0 amide bonds. The second-order valence-corrected chi connectivity index (χ2v) is 3.80. The van der Waals surface area contributed by atoms with Crippen molar-refractivity contribution in [3.8, 4) is 0 Å². The molecule has 0 aromatic heterocycles. The smallest absolute Gasteiger partial charge is 0.305 e. The van der Waals surface area contributed by atoms with Crippen molar-refractivity contribution in [2.24, 2.45) is 0 Å². The molecule has 1 saturated heterocycles. The fourth-order valence-electron chi connectivity index (χ4n) is 1.26. The number of carbonyl (C=O) groups is 2. The molecule has 0 aromatic rings. The molecule has 0 atom stereocenters. The largest absolute Gasteiger partial charge is 0.466 e. The summed E-state index contributed by atoms with van der Waals surface area (Å²) in [4.78, 5) is 22.1. The summed E-state index contributed by atoms with van der Waals surface area (Å²) >= 11 is 0. The van der Waals surface area contributed by atoms with Crippen molar-refractivity contribution in [2.45, 2.75) is 38.5 Å². The van der Waals surface area contributed by atoms with Gasteiger partial charge in [-0.25, -0.2) is 0 Å². The summed E-state index contributed by atoms with van der Waals surface area (Å²) in [6, 6.07) is 0. The van der Waals surface area contributed by atoms with Crippen molar-refractivity contribution < 1.29 is 29.3 Å². The van der Waals surface area contributed by atoms with Crippen LogP contribution in [0.5, 0.6) is 0 Å². The van der Waals surface area contributed by atoms with E-state index in [1.165, 1.54) is 0 Å². The Morgan fingerprint density at radius 2 is 1.17 bits per heavy atom. The van der Waals surface area contributed by atoms with Gasteiger partial charge in [0.2, 0.25) is 0 Å². The number of aliphatic hydroxyl groups excluding tert-OH is 2. The maximum Gasteiger partial charge on any atom is 0.305 e. The minimum atomic E-state index is -0.154. The minimum Gasteiger partial charge on any atom is -0.466 e. The van der Waals surface area contributed by atoms with Gasteiger partial charge in [0, 0.05) is 12.8 Å². The minimum absolute atomic E-state index is 0.125. The first-order valence-corrected chi connectivity index (χ1v) is 6.23. The number of cyclic esters (lactones) is 2. The SMILES string of the molecule is O=C1CCCCC(=O)OCCCCO1.OCCO. The quantitative estimate of drug-likeness (QED) is 0.664. The van der Waals surface area contributed by atoms with E-state index in [4.69, 9.17) is 19.7 Å². The fraction of sp³-hybridized carbons (Fsp3) is 0.833. The zero-order chi connectivity index (χ0) is 13.6. The van der Waals surface area contributed by atoms with E-state index in [0.717, 1.165) is 12.8 Å². The summed E-state index contributed by atoms with van der Waals surface area (Å²) in [7, 11) is 0. The molecule has 1 aliphatic rings. The van der Waals surface area contributed by atoms with Crippen LogP contribution in [0.2, 0.25) is 0 Å². The molecule has 0 radical (unpaired) electrons. The Morgan fingerprint density at radius 1 is 0.778 bits per heavy atom. The molecule has 106 valence electrons. The highest BCUT2D eigenvalue weighted by molar-refractivity contribution is 5.70. The number of carbonyl (C=O) groups excluding carboxylic acids is 2. The average molecular weight is 262 g/mol. The lowest BCUT2D eigenvalue weighted by atomic mass is 10.2. The predicted molar refractivity (Wildman–Crippen MR) is 63.8 cm³/mol. The molecule has 0 spiro atoms. The number of ether oxygens (including phenoxy) is 2. The average Bonchev–Trinajstić information content (AvgIpc) is 2.37. The van der Waals surface area contributed by atoms with Crippen molar-refractivity contribution in [1.82, 2.24) is 0 Å². The van der Waals surface area contributed by atoms with Crippen molar-refractivity contribution in [2.75, 3.05) is 26.4 Å². The van der Waals surface area contributed by atoms with Crippen molar-refractivity contribution in [3.63, 3.8) is 0 Å². The van der Waals surface area contributed by atoms with Crippen LogP contribution in [-0.4, -0.2) is 48.6 Å². The Kier molecular flexibility index (Phi) is 11.5. The fourth-order valence-corrected chi connectivity index (χ4v) is 1.26. The second kappa shape index (κ2) is 12.3. The van der Waals surface area contributed by atoms with Gasteiger partial charge in [0.25, 0.3) is 0 Å². The van der Waals surface area contributed by atoms with Gasteiger partial charge >= 0.3 is 11.9 Å². The molecule has 0 bridgehead atoms. The molecule has 0 aromatic carbocycles. The van der Waals surface area contributed by atoms with Gasteiger partial charge in [-0.3, -0.25) is 9.59 Å². The lowest BCUT2D eigenvalue weighted by Crippen LogP contribution is -2.11. The number of esters is 2. The Labute approximate surface area is 107 Å². The van der Waals surface area contributed by atoms with Crippen LogP contribution in [0.25, 0.3) is 0 Å². The number of aliphatic hydroxyl groups is 2. The van der Waals surface area contributed by atoms with E-state index in [2.05, 4.69) is 0 Å². The highest BCUT2D eigenvalue weighted by Gasteiger charge is 2.07. The zero-order valence-corrected chi connectivity index (χ0v) is 10.6. The third-order valence-corrected chi connectivity index (χ3v) is 2.18. The van der Waals surface area contributed by atoms with Gasteiger partial charge in [-0.05, 0) is 25.7 Å². The second-order valence-electron chi connectivity index (χ2n) is 3.80. The molecule has 1 aliphatic heterocycles. The van der Waals surface area contributed by atoms with E-state index in [9.17, 15) is 9.59 Å². The summed E-state index contributed by atoms with van der Waals surface area (Å²) in [6.07, 6.45) is 3.75. The van der Waals surface area contributed by atoms with Gasteiger partial charge in [0.1, 0.15) is 0 Å².